The van der Waals surface area contributed by atoms with Crippen LogP contribution < -0.4 is 0 Å². The SMILES string of the molecule is Cc1occc1-c1nnc2sc(-c3ccc(-c4ccc(Cl)c(C(F)(F)F)c4)o3)nn12. The third kappa shape index (κ3) is 3.08. The van der Waals surface area contributed by atoms with Crippen LogP contribution in [0.2, 0.25) is 5.02 Å². The van der Waals surface area contributed by atoms with Crippen molar-refractivity contribution in [2.75, 3.05) is 0 Å². The van der Waals surface area contributed by atoms with Crippen LogP contribution in [0, 0.1) is 6.92 Å². The number of halogens is 4. The van der Waals surface area contributed by atoms with E-state index < -0.39 is 11.7 Å². The Labute approximate surface area is 175 Å². The van der Waals surface area contributed by atoms with Gasteiger partial charge in [0.05, 0.1) is 22.4 Å². The maximum atomic E-state index is 13.1. The van der Waals surface area contributed by atoms with Crippen LogP contribution in [0.3, 0.4) is 0 Å². The zero-order chi connectivity index (χ0) is 21.0. The van der Waals surface area contributed by atoms with E-state index in [1.165, 1.54) is 23.5 Å². The molecule has 5 aromatic rings. The summed E-state index contributed by atoms with van der Waals surface area (Å²) in [5.41, 5.74) is 0.106. The van der Waals surface area contributed by atoms with E-state index >= 15 is 0 Å². The van der Waals surface area contributed by atoms with Crippen molar-refractivity contribution in [1.82, 2.24) is 19.8 Å². The zero-order valence-electron chi connectivity index (χ0n) is 15.1. The van der Waals surface area contributed by atoms with Crippen molar-refractivity contribution in [3.8, 4) is 33.5 Å². The Morgan fingerprint density at radius 1 is 1.07 bits per heavy atom. The summed E-state index contributed by atoms with van der Waals surface area (Å²) in [6, 6.07) is 8.63. The summed E-state index contributed by atoms with van der Waals surface area (Å²) >= 11 is 6.93. The standard InChI is InChI=1S/C19H10ClF3N4O2S/c1-9-11(6-7-28-9)16-24-25-18-27(16)26-17(30-18)15-5-4-14(29-15)10-2-3-13(20)12(8-10)19(21,22)23/h2-8H,1H3. The highest BCUT2D eigenvalue weighted by atomic mass is 35.5. The Bertz CT molecular complexity index is 1380. The Morgan fingerprint density at radius 3 is 2.60 bits per heavy atom. The van der Waals surface area contributed by atoms with Gasteiger partial charge in [-0.3, -0.25) is 0 Å². The molecule has 0 bridgehead atoms. The van der Waals surface area contributed by atoms with E-state index in [1.807, 2.05) is 6.92 Å². The molecule has 11 heteroatoms. The fraction of sp³-hybridized carbons (Fsp3) is 0.105. The molecule has 30 heavy (non-hydrogen) atoms. The Hall–Kier alpha value is -3.11. The highest BCUT2D eigenvalue weighted by Crippen LogP contribution is 2.38. The van der Waals surface area contributed by atoms with Crippen molar-refractivity contribution in [2.45, 2.75) is 13.1 Å². The first-order chi connectivity index (χ1) is 14.3. The second-order valence-electron chi connectivity index (χ2n) is 6.37. The molecule has 0 aliphatic heterocycles. The van der Waals surface area contributed by atoms with Crippen molar-refractivity contribution in [3.05, 3.63) is 59.0 Å². The van der Waals surface area contributed by atoms with Crippen molar-refractivity contribution >= 4 is 27.9 Å². The van der Waals surface area contributed by atoms with Gasteiger partial charge in [0, 0.05) is 5.56 Å². The fourth-order valence-corrected chi connectivity index (χ4v) is 4.03. The molecule has 1 aromatic carbocycles. The largest absolute Gasteiger partial charge is 0.469 e. The van der Waals surface area contributed by atoms with Gasteiger partial charge in [-0.1, -0.05) is 22.9 Å². The van der Waals surface area contributed by atoms with E-state index in [-0.39, 0.29) is 16.3 Å². The molecule has 0 aliphatic carbocycles. The van der Waals surface area contributed by atoms with Crippen molar-refractivity contribution in [2.24, 2.45) is 0 Å². The van der Waals surface area contributed by atoms with E-state index in [2.05, 4.69) is 15.3 Å². The lowest BCUT2D eigenvalue weighted by Crippen LogP contribution is -2.05. The van der Waals surface area contributed by atoms with Gasteiger partial charge in [0.15, 0.2) is 16.6 Å². The number of aromatic nitrogens is 4. The average molecular weight is 451 g/mol. The van der Waals surface area contributed by atoms with Gasteiger partial charge in [-0.2, -0.15) is 17.7 Å². The van der Waals surface area contributed by atoms with Gasteiger partial charge in [0.25, 0.3) is 0 Å². The third-order valence-corrected chi connectivity index (χ3v) is 5.71. The van der Waals surface area contributed by atoms with Crippen LogP contribution in [0.15, 0.2) is 51.5 Å². The molecule has 5 rings (SSSR count). The molecule has 0 radical (unpaired) electrons. The molecule has 4 heterocycles. The summed E-state index contributed by atoms with van der Waals surface area (Å²) in [5, 5.41) is 12.9. The van der Waals surface area contributed by atoms with E-state index in [4.69, 9.17) is 20.4 Å². The van der Waals surface area contributed by atoms with E-state index in [9.17, 15) is 13.2 Å². The lowest BCUT2D eigenvalue weighted by atomic mass is 10.1. The minimum absolute atomic E-state index is 0.260. The second-order valence-corrected chi connectivity index (χ2v) is 7.74. The van der Waals surface area contributed by atoms with E-state index in [0.717, 1.165) is 11.6 Å². The van der Waals surface area contributed by atoms with Gasteiger partial charge < -0.3 is 8.83 Å². The number of furan rings is 2. The number of nitrogens with zero attached hydrogens (tertiary/aromatic N) is 4. The highest BCUT2D eigenvalue weighted by Gasteiger charge is 2.33. The number of rotatable bonds is 3. The molecule has 0 N–H and O–H groups in total. The molecule has 0 unspecified atom stereocenters. The summed E-state index contributed by atoms with van der Waals surface area (Å²) in [4.78, 5) is 0.546. The monoisotopic (exact) mass is 450 g/mol. The quantitative estimate of drug-likeness (QED) is 0.320. The summed E-state index contributed by atoms with van der Waals surface area (Å²) in [6.45, 7) is 1.81. The predicted octanol–water partition coefficient (Wildman–Crippen LogP) is 6.35. The first-order valence-corrected chi connectivity index (χ1v) is 9.75. The van der Waals surface area contributed by atoms with Gasteiger partial charge in [0.2, 0.25) is 4.96 Å². The van der Waals surface area contributed by atoms with E-state index in [1.54, 1.807) is 29.0 Å². The van der Waals surface area contributed by atoms with Crippen LogP contribution in [0.4, 0.5) is 13.2 Å². The molecule has 0 saturated carbocycles. The molecule has 0 saturated heterocycles. The molecule has 4 aromatic heterocycles. The maximum Gasteiger partial charge on any atom is 0.417 e. The molecule has 0 aliphatic rings. The first-order valence-electron chi connectivity index (χ1n) is 8.55. The number of benzene rings is 1. The number of hydrogen-bond acceptors (Lipinski definition) is 6. The second kappa shape index (κ2) is 6.71. The van der Waals surface area contributed by atoms with Gasteiger partial charge >= 0.3 is 6.18 Å². The van der Waals surface area contributed by atoms with Crippen LogP contribution in [0.1, 0.15) is 11.3 Å². The Balaban J connectivity index is 1.53. The van der Waals surface area contributed by atoms with Gasteiger partial charge in [-0.05, 0) is 43.3 Å². The minimum atomic E-state index is -4.56. The van der Waals surface area contributed by atoms with Crippen LogP contribution in [0.5, 0.6) is 0 Å². The molecule has 0 amide bonds. The molecule has 0 atom stereocenters. The maximum absolute atomic E-state index is 13.1. The zero-order valence-corrected chi connectivity index (χ0v) is 16.6. The fourth-order valence-electron chi connectivity index (χ4n) is 3.01. The molecule has 0 fully saturated rings. The molecule has 152 valence electrons. The highest BCUT2D eigenvalue weighted by molar-refractivity contribution is 7.19. The number of fused-ring (bicyclic) bond motifs is 1. The smallest absolute Gasteiger partial charge is 0.417 e. The normalized spacial score (nSPS) is 12.2. The van der Waals surface area contributed by atoms with Crippen LogP contribution >= 0.6 is 22.9 Å². The number of hydrogen-bond donors (Lipinski definition) is 0. The van der Waals surface area contributed by atoms with Gasteiger partial charge in [-0.25, -0.2) is 0 Å². The number of alkyl halides is 3. The molecular formula is C19H10ClF3N4O2S. The molecular weight excluding hydrogens is 441 g/mol. The van der Waals surface area contributed by atoms with Crippen LogP contribution in [-0.4, -0.2) is 19.8 Å². The summed E-state index contributed by atoms with van der Waals surface area (Å²) in [7, 11) is 0. The summed E-state index contributed by atoms with van der Waals surface area (Å²) < 4.78 is 52.1. The van der Waals surface area contributed by atoms with Crippen LogP contribution in [0.25, 0.3) is 38.4 Å². The van der Waals surface area contributed by atoms with Crippen molar-refractivity contribution < 1.29 is 22.0 Å². The van der Waals surface area contributed by atoms with E-state index in [0.29, 0.717) is 27.3 Å². The van der Waals surface area contributed by atoms with Crippen LogP contribution in [-0.2, 0) is 6.18 Å². The first kappa shape index (κ1) is 18.9. The Kier molecular flexibility index (Phi) is 4.23. The lowest BCUT2D eigenvalue weighted by Gasteiger charge is -2.09. The predicted molar refractivity (Wildman–Crippen MR) is 104 cm³/mol. The lowest BCUT2D eigenvalue weighted by molar-refractivity contribution is -0.137. The summed E-state index contributed by atoms with van der Waals surface area (Å²) in [6.07, 6.45) is -3.00. The third-order valence-electron chi connectivity index (χ3n) is 4.46. The molecule has 6 nitrogen and oxygen atoms in total. The molecule has 0 spiro atoms. The average Bonchev–Trinajstić information content (AvgIpc) is 3.44. The van der Waals surface area contributed by atoms with Crippen molar-refractivity contribution in [3.63, 3.8) is 0 Å². The van der Waals surface area contributed by atoms with Crippen molar-refractivity contribution in [1.29, 1.82) is 0 Å². The summed E-state index contributed by atoms with van der Waals surface area (Å²) in [5.74, 6) is 1.88. The number of aryl methyl sites for hydroxylation is 1. The Morgan fingerprint density at radius 2 is 1.87 bits per heavy atom. The topological polar surface area (TPSA) is 69.4 Å². The minimum Gasteiger partial charge on any atom is -0.469 e. The van der Waals surface area contributed by atoms with Gasteiger partial charge in [-0.15, -0.1) is 15.3 Å². The van der Waals surface area contributed by atoms with Gasteiger partial charge in [0.1, 0.15) is 11.5 Å².